The van der Waals surface area contributed by atoms with E-state index >= 15 is 0 Å². The molecule has 0 radical (unpaired) electrons. The second-order valence-corrected chi connectivity index (χ2v) is 7.32. The quantitative estimate of drug-likeness (QED) is 0.892. The van der Waals surface area contributed by atoms with Crippen LogP contribution in [0.1, 0.15) is 44.1 Å². The minimum Gasteiger partial charge on any atom is -0.392 e. The molecule has 1 saturated carbocycles. The van der Waals surface area contributed by atoms with E-state index < -0.39 is 5.41 Å². The molecule has 25 heavy (non-hydrogen) atoms. The predicted molar refractivity (Wildman–Crippen MR) is 90.7 cm³/mol. The molecule has 2 fully saturated rings. The zero-order chi connectivity index (χ0) is 17.3. The molecule has 0 aromatic heterocycles. The molecule has 5 nitrogen and oxygen atoms in total. The van der Waals surface area contributed by atoms with Crippen LogP contribution in [0.5, 0.6) is 0 Å². The second-order valence-electron chi connectivity index (χ2n) is 7.32. The van der Waals surface area contributed by atoms with E-state index in [9.17, 15) is 9.18 Å². The Morgan fingerprint density at radius 3 is 2.84 bits per heavy atom. The number of amides is 1. The van der Waals surface area contributed by atoms with Gasteiger partial charge in [0.25, 0.3) is 0 Å². The van der Waals surface area contributed by atoms with Gasteiger partial charge in [-0.3, -0.25) is 4.79 Å². The molecule has 1 atom stereocenters. The summed E-state index contributed by atoms with van der Waals surface area (Å²) in [7, 11) is 0. The molecule has 2 aliphatic heterocycles. The van der Waals surface area contributed by atoms with E-state index in [1.165, 1.54) is 12.1 Å². The molecule has 1 unspecified atom stereocenters. The summed E-state index contributed by atoms with van der Waals surface area (Å²) in [6.07, 6.45) is 4.64. The Labute approximate surface area is 146 Å². The lowest BCUT2D eigenvalue weighted by molar-refractivity contribution is -0.140. The van der Waals surface area contributed by atoms with Crippen LogP contribution in [0.4, 0.5) is 4.39 Å². The number of hydrogen-bond donors (Lipinski definition) is 1. The summed E-state index contributed by atoms with van der Waals surface area (Å²) in [5.74, 6) is -0.158. The number of carbonyl (C=O) groups is 1. The van der Waals surface area contributed by atoms with Gasteiger partial charge in [0, 0.05) is 37.7 Å². The molecule has 1 amide bonds. The SMILES string of the molecule is O=C(NC1CC1)C1(CC2CC(c3cccc(F)c3)=NO2)CCOCC1. The number of hydrogen-bond acceptors (Lipinski definition) is 4. The molecule has 1 aromatic rings. The van der Waals surface area contributed by atoms with E-state index in [4.69, 9.17) is 9.57 Å². The van der Waals surface area contributed by atoms with Crippen molar-refractivity contribution in [3.63, 3.8) is 0 Å². The van der Waals surface area contributed by atoms with Crippen molar-refractivity contribution in [2.45, 2.75) is 50.7 Å². The van der Waals surface area contributed by atoms with Crippen molar-refractivity contribution < 1.29 is 18.8 Å². The Morgan fingerprint density at radius 1 is 1.32 bits per heavy atom. The molecular weight excluding hydrogens is 323 g/mol. The van der Waals surface area contributed by atoms with Crippen LogP contribution in [-0.4, -0.2) is 37.0 Å². The molecule has 134 valence electrons. The fourth-order valence-electron chi connectivity index (χ4n) is 3.66. The summed E-state index contributed by atoms with van der Waals surface area (Å²) < 4.78 is 18.9. The van der Waals surface area contributed by atoms with Crippen molar-refractivity contribution in [3.8, 4) is 0 Å². The van der Waals surface area contributed by atoms with Gasteiger partial charge in [0.15, 0.2) is 0 Å². The Balaban J connectivity index is 1.43. The first kappa shape index (κ1) is 16.5. The molecule has 0 bridgehead atoms. The average Bonchev–Trinajstić information content (AvgIpc) is 3.31. The van der Waals surface area contributed by atoms with Crippen LogP contribution in [0.3, 0.4) is 0 Å². The number of carbonyl (C=O) groups excluding carboxylic acids is 1. The fraction of sp³-hybridized carbons (Fsp3) is 0.579. The van der Waals surface area contributed by atoms with Crippen LogP contribution < -0.4 is 5.32 Å². The molecule has 6 heteroatoms. The number of ether oxygens (including phenoxy) is 1. The average molecular weight is 346 g/mol. The summed E-state index contributed by atoms with van der Waals surface area (Å²) >= 11 is 0. The van der Waals surface area contributed by atoms with E-state index in [0.717, 1.165) is 24.1 Å². The highest BCUT2D eigenvalue weighted by Gasteiger charge is 2.45. The minimum absolute atomic E-state index is 0.126. The molecule has 1 aromatic carbocycles. The smallest absolute Gasteiger partial charge is 0.226 e. The highest BCUT2D eigenvalue weighted by atomic mass is 19.1. The summed E-state index contributed by atoms with van der Waals surface area (Å²) in [5, 5.41) is 7.30. The van der Waals surface area contributed by atoms with Crippen LogP contribution in [0, 0.1) is 11.2 Å². The molecule has 1 saturated heterocycles. The number of nitrogens with zero attached hydrogens (tertiary/aromatic N) is 1. The monoisotopic (exact) mass is 346 g/mol. The Morgan fingerprint density at radius 2 is 2.12 bits per heavy atom. The summed E-state index contributed by atoms with van der Waals surface area (Å²) in [6.45, 7) is 1.20. The second kappa shape index (κ2) is 6.75. The topological polar surface area (TPSA) is 59.9 Å². The Hall–Kier alpha value is -1.95. The number of rotatable bonds is 5. The van der Waals surface area contributed by atoms with Crippen LogP contribution >= 0.6 is 0 Å². The van der Waals surface area contributed by atoms with Crippen molar-refractivity contribution in [3.05, 3.63) is 35.6 Å². The predicted octanol–water partition coefficient (Wildman–Crippen LogP) is 2.78. The number of nitrogens with one attached hydrogen (secondary N) is 1. The maximum Gasteiger partial charge on any atom is 0.226 e. The lowest BCUT2D eigenvalue weighted by Gasteiger charge is -2.37. The van der Waals surface area contributed by atoms with Crippen molar-refractivity contribution in [2.75, 3.05) is 13.2 Å². The maximum absolute atomic E-state index is 13.4. The van der Waals surface area contributed by atoms with Crippen LogP contribution in [0.2, 0.25) is 0 Å². The molecule has 3 aliphatic rings. The number of benzene rings is 1. The van der Waals surface area contributed by atoms with Gasteiger partial charge in [0.1, 0.15) is 11.9 Å². The highest BCUT2D eigenvalue weighted by molar-refractivity contribution is 6.01. The maximum atomic E-state index is 13.4. The lowest BCUT2D eigenvalue weighted by Crippen LogP contribution is -2.47. The first-order valence-electron chi connectivity index (χ1n) is 9.02. The van der Waals surface area contributed by atoms with Gasteiger partial charge < -0.3 is 14.9 Å². The van der Waals surface area contributed by atoms with Crippen molar-refractivity contribution in [1.82, 2.24) is 5.32 Å². The van der Waals surface area contributed by atoms with Crippen molar-refractivity contribution >= 4 is 11.6 Å². The van der Waals surface area contributed by atoms with Gasteiger partial charge in [-0.2, -0.15) is 0 Å². The fourth-order valence-corrected chi connectivity index (χ4v) is 3.66. The first-order chi connectivity index (χ1) is 12.1. The third-order valence-corrected chi connectivity index (χ3v) is 5.35. The largest absolute Gasteiger partial charge is 0.392 e. The standard InChI is InChI=1S/C19H23FN2O3/c20-14-3-1-2-13(10-14)17-11-16(25-22-17)12-19(6-8-24-9-7-19)18(23)21-15-4-5-15/h1-3,10,15-16H,4-9,11-12H2,(H,21,23). The number of halogens is 1. The Kier molecular flexibility index (Phi) is 4.46. The van der Waals surface area contributed by atoms with E-state index in [1.54, 1.807) is 6.07 Å². The summed E-state index contributed by atoms with van der Waals surface area (Å²) in [5.41, 5.74) is 1.04. The van der Waals surface area contributed by atoms with Crippen LogP contribution in [0.25, 0.3) is 0 Å². The lowest BCUT2D eigenvalue weighted by atomic mass is 9.74. The van der Waals surface area contributed by atoms with E-state index in [2.05, 4.69) is 10.5 Å². The molecule has 4 rings (SSSR count). The zero-order valence-corrected chi connectivity index (χ0v) is 14.2. The molecule has 2 heterocycles. The highest BCUT2D eigenvalue weighted by Crippen LogP contribution is 2.39. The van der Waals surface area contributed by atoms with Gasteiger partial charge in [-0.15, -0.1) is 0 Å². The molecule has 1 N–H and O–H groups in total. The first-order valence-corrected chi connectivity index (χ1v) is 9.02. The van der Waals surface area contributed by atoms with Gasteiger partial charge in [0.05, 0.1) is 11.1 Å². The zero-order valence-electron chi connectivity index (χ0n) is 14.2. The Bertz CT molecular complexity index is 681. The van der Waals surface area contributed by atoms with Gasteiger partial charge in [-0.25, -0.2) is 4.39 Å². The van der Waals surface area contributed by atoms with Crippen LogP contribution in [0.15, 0.2) is 29.4 Å². The van der Waals surface area contributed by atoms with E-state index in [1.807, 2.05) is 6.07 Å². The van der Waals surface area contributed by atoms with Gasteiger partial charge >= 0.3 is 0 Å². The molecular formula is C19H23FN2O3. The third kappa shape index (κ3) is 3.68. The summed E-state index contributed by atoms with van der Waals surface area (Å²) in [6, 6.07) is 6.72. The van der Waals surface area contributed by atoms with Gasteiger partial charge in [-0.05, 0) is 37.8 Å². The molecule has 0 spiro atoms. The van der Waals surface area contributed by atoms with Gasteiger partial charge in [-0.1, -0.05) is 17.3 Å². The number of oxime groups is 1. The summed E-state index contributed by atoms with van der Waals surface area (Å²) in [4.78, 5) is 18.4. The molecule has 1 aliphatic carbocycles. The third-order valence-electron chi connectivity index (χ3n) is 5.35. The van der Waals surface area contributed by atoms with Crippen molar-refractivity contribution in [1.29, 1.82) is 0 Å². The van der Waals surface area contributed by atoms with Crippen LogP contribution in [-0.2, 0) is 14.4 Å². The normalized spacial score (nSPS) is 25.2. The van der Waals surface area contributed by atoms with Gasteiger partial charge in [0.2, 0.25) is 5.91 Å². The van der Waals surface area contributed by atoms with E-state index in [-0.39, 0.29) is 17.8 Å². The van der Waals surface area contributed by atoms with E-state index in [0.29, 0.717) is 44.9 Å². The van der Waals surface area contributed by atoms with Crippen molar-refractivity contribution in [2.24, 2.45) is 10.6 Å². The minimum atomic E-state index is -0.446.